The van der Waals surface area contributed by atoms with Gasteiger partial charge in [-0.2, -0.15) is 0 Å². The van der Waals surface area contributed by atoms with E-state index in [1.807, 2.05) is 35.0 Å². The lowest BCUT2D eigenvalue weighted by Gasteiger charge is -2.09. The molecule has 0 aliphatic heterocycles. The molecular formula is C15H13ClN2O2. The number of benzene rings is 1. The molecule has 2 aromatic heterocycles. The van der Waals surface area contributed by atoms with Crippen molar-refractivity contribution < 1.29 is 9.84 Å². The van der Waals surface area contributed by atoms with Crippen molar-refractivity contribution in [2.45, 2.75) is 13.2 Å². The van der Waals surface area contributed by atoms with Crippen molar-refractivity contribution in [3.63, 3.8) is 0 Å². The topological polar surface area (TPSA) is 46.8 Å². The van der Waals surface area contributed by atoms with E-state index in [9.17, 15) is 5.11 Å². The van der Waals surface area contributed by atoms with E-state index in [0.717, 1.165) is 11.3 Å². The third kappa shape index (κ3) is 2.48. The van der Waals surface area contributed by atoms with Gasteiger partial charge in [-0.15, -0.1) is 0 Å². The van der Waals surface area contributed by atoms with Crippen molar-refractivity contribution in [1.82, 2.24) is 9.38 Å². The Balaban J connectivity index is 1.81. The van der Waals surface area contributed by atoms with Gasteiger partial charge in [0.05, 0.1) is 12.3 Å². The molecule has 3 rings (SSSR count). The maximum absolute atomic E-state index is 9.33. The number of hydrogen-bond acceptors (Lipinski definition) is 3. The van der Waals surface area contributed by atoms with Crippen molar-refractivity contribution in [1.29, 1.82) is 0 Å². The first-order valence-electron chi connectivity index (χ1n) is 6.21. The van der Waals surface area contributed by atoms with Gasteiger partial charge in [0.1, 0.15) is 18.0 Å². The van der Waals surface area contributed by atoms with Crippen molar-refractivity contribution in [2.24, 2.45) is 0 Å². The van der Waals surface area contributed by atoms with Gasteiger partial charge in [-0.25, -0.2) is 4.98 Å². The first kappa shape index (κ1) is 13.0. The average molecular weight is 289 g/mol. The first-order valence-corrected chi connectivity index (χ1v) is 6.59. The molecule has 0 saturated heterocycles. The van der Waals surface area contributed by atoms with Crippen LogP contribution in [-0.4, -0.2) is 14.5 Å². The van der Waals surface area contributed by atoms with E-state index in [0.29, 0.717) is 22.9 Å². The highest BCUT2D eigenvalue weighted by Crippen LogP contribution is 2.26. The molecule has 102 valence electrons. The third-order valence-electron chi connectivity index (χ3n) is 3.02. The summed E-state index contributed by atoms with van der Waals surface area (Å²) in [7, 11) is 0. The Hall–Kier alpha value is -2.04. The summed E-state index contributed by atoms with van der Waals surface area (Å²) in [6.07, 6.45) is 3.85. The van der Waals surface area contributed by atoms with Crippen LogP contribution in [0.4, 0.5) is 0 Å². The maximum Gasteiger partial charge on any atom is 0.137 e. The molecule has 2 heterocycles. The minimum atomic E-state index is -0.153. The molecule has 1 N–H and O–H groups in total. The SMILES string of the molecule is OCc1c(Cl)cccc1OCc1cn2ccccc2n1. The number of ether oxygens (including phenoxy) is 1. The van der Waals surface area contributed by atoms with E-state index < -0.39 is 0 Å². The number of aromatic nitrogens is 2. The molecule has 0 bridgehead atoms. The largest absolute Gasteiger partial charge is 0.487 e. The van der Waals surface area contributed by atoms with Crippen molar-refractivity contribution in [2.75, 3.05) is 0 Å². The van der Waals surface area contributed by atoms with Crippen molar-refractivity contribution in [3.8, 4) is 5.75 Å². The van der Waals surface area contributed by atoms with Crippen molar-refractivity contribution in [3.05, 3.63) is 65.1 Å². The van der Waals surface area contributed by atoms with Crippen LogP contribution in [0.5, 0.6) is 5.75 Å². The van der Waals surface area contributed by atoms with Gasteiger partial charge < -0.3 is 14.2 Å². The average Bonchev–Trinajstić information content (AvgIpc) is 2.88. The molecular weight excluding hydrogens is 276 g/mol. The normalized spacial score (nSPS) is 10.9. The minimum absolute atomic E-state index is 0.153. The summed E-state index contributed by atoms with van der Waals surface area (Å²) in [6, 6.07) is 11.1. The van der Waals surface area contributed by atoms with Gasteiger partial charge in [-0.05, 0) is 24.3 Å². The van der Waals surface area contributed by atoms with Crippen LogP contribution in [0, 0.1) is 0 Å². The predicted octanol–water partition coefficient (Wildman–Crippen LogP) is 3.06. The van der Waals surface area contributed by atoms with Crippen LogP contribution in [0.15, 0.2) is 48.8 Å². The Bertz CT molecular complexity index is 707. The van der Waals surface area contributed by atoms with Crippen molar-refractivity contribution >= 4 is 17.2 Å². The Morgan fingerprint density at radius 3 is 2.90 bits per heavy atom. The molecule has 20 heavy (non-hydrogen) atoms. The molecule has 3 aromatic rings. The molecule has 0 atom stereocenters. The number of rotatable bonds is 4. The van der Waals surface area contributed by atoms with Gasteiger partial charge in [-0.3, -0.25) is 0 Å². The van der Waals surface area contributed by atoms with Crippen LogP contribution < -0.4 is 4.74 Å². The second kappa shape index (κ2) is 5.53. The molecule has 0 unspecified atom stereocenters. The molecule has 0 spiro atoms. The summed E-state index contributed by atoms with van der Waals surface area (Å²) >= 11 is 6.02. The quantitative estimate of drug-likeness (QED) is 0.802. The van der Waals surface area contributed by atoms with Crippen LogP contribution in [0.2, 0.25) is 5.02 Å². The number of pyridine rings is 1. The Morgan fingerprint density at radius 2 is 2.10 bits per heavy atom. The zero-order chi connectivity index (χ0) is 13.9. The second-order valence-corrected chi connectivity index (χ2v) is 4.77. The van der Waals surface area contributed by atoms with Gasteiger partial charge in [0.2, 0.25) is 0 Å². The summed E-state index contributed by atoms with van der Waals surface area (Å²) in [5, 5.41) is 9.83. The summed E-state index contributed by atoms with van der Waals surface area (Å²) in [6.45, 7) is 0.176. The van der Waals surface area contributed by atoms with Crippen LogP contribution in [0.3, 0.4) is 0 Å². The van der Waals surface area contributed by atoms with Crippen LogP contribution in [-0.2, 0) is 13.2 Å². The molecule has 0 aliphatic carbocycles. The fourth-order valence-corrected chi connectivity index (χ4v) is 2.26. The summed E-state index contributed by atoms with van der Waals surface area (Å²) in [4.78, 5) is 4.45. The summed E-state index contributed by atoms with van der Waals surface area (Å²) in [5.74, 6) is 0.581. The summed E-state index contributed by atoms with van der Waals surface area (Å²) < 4.78 is 7.64. The second-order valence-electron chi connectivity index (χ2n) is 4.36. The van der Waals surface area contributed by atoms with Gasteiger partial charge in [0.15, 0.2) is 0 Å². The molecule has 4 nitrogen and oxygen atoms in total. The number of halogens is 1. The monoisotopic (exact) mass is 288 g/mol. The first-order chi connectivity index (χ1) is 9.78. The van der Waals surface area contributed by atoms with E-state index in [1.165, 1.54) is 0 Å². The van der Waals surface area contributed by atoms with Crippen LogP contribution >= 0.6 is 11.6 Å². The maximum atomic E-state index is 9.33. The van der Waals surface area contributed by atoms with Crippen LogP contribution in [0.1, 0.15) is 11.3 Å². The number of nitrogens with zero attached hydrogens (tertiary/aromatic N) is 2. The molecule has 0 amide bonds. The van der Waals surface area contributed by atoms with E-state index in [1.54, 1.807) is 18.2 Å². The highest BCUT2D eigenvalue weighted by Gasteiger charge is 2.08. The van der Waals surface area contributed by atoms with Gasteiger partial charge in [-0.1, -0.05) is 23.7 Å². The standard InChI is InChI=1S/C15H13ClN2O2/c16-13-4-3-5-14(12(13)9-19)20-10-11-8-18-7-2-1-6-15(18)17-11/h1-8,19H,9-10H2. The number of hydrogen-bond donors (Lipinski definition) is 1. The Morgan fingerprint density at radius 1 is 1.20 bits per heavy atom. The molecule has 0 aliphatic rings. The Labute approximate surface area is 121 Å². The van der Waals surface area contributed by atoms with Gasteiger partial charge in [0.25, 0.3) is 0 Å². The van der Waals surface area contributed by atoms with E-state index in [2.05, 4.69) is 4.98 Å². The van der Waals surface area contributed by atoms with Gasteiger partial charge >= 0.3 is 0 Å². The smallest absolute Gasteiger partial charge is 0.137 e. The Kier molecular flexibility index (Phi) is 3.58. The fourth-order valence-electron chi connectivity index (χ4n) is 2.04. The lowest BCUT2D eigenvalue weighted by atomic mass is 10.2. The zero-order valence-electron chi connectivity index (χ0n) is 10.7. The fraction of sp³-hybridized carbons (Fsp3) is 0.133. The van der Waals surface area contributed by atoms with E-state index >= 15 is 0 Å². The van der Waals surface area contributed by atoms with E-state index in [4.69, 9.17) is 16.3 Å². The molecule has 1 aromatic carbocycles. The molecule has 5 heteroatoms. The minimum Gasteiger partial charge on any atom is -0.487 e. The lowest BCUT2D eigenvalue weighted by Crippen LogP contribution is -1.99. The van der Waals surface area contributed by atoms with Crippen LogP contribution in [0.25, 0.3) is 5.65 Å². The third-order valence-corrected chi connectivity index (χ3v) is 3.38. The molecule has 0 fully saturated rings. The molecule has 0 radical (unpaired) electrons. The number of aliphatic hydroxyl groups is 1. The number of aliphatic hydroxyl groups excluding tert-OH is 1. The molecule has 0 saturated carbocycles. The highest BCUT2D eigenvalue weighted by molar-refractivity contribution is 6.31. The number of fused-ring (bicyclic) bond motifs is 1. The zero-order valence-corrected chi connectivity index (χ0v) is 11.4. The van der Waals surface area contributed by atoms with E-state index in [-0.39, 0.29) is 6.61 Å². The lowest BCUT2D eigenvalue weighted by molar-refractivity contribution is 0.258. The summed E-state index contributed by atoms with van der Waals surface area (Å²) in [5.41, 5.74) is 2.29. The highest BCUT2D eigenvalue weighted by atomic mass is 35.5. The number of imidazole rings is 1. The van der Waals surface area contributed by atoms with Gasteiger partial charge in [0, 0.05) is 23.0 Å². The predicted molar refractivity (Wildman–Crippen MR) is 76.9 cm³/mol.